The standard InChI is InChI=1S/C19H12F6O2.C2H6/c20-18(21,22)13-6-10(7-14(9-13)19(23,24)25)5-12-2-1-11-8-15(26)3-4-16(11)17(12)27;1-2/h3-9,26H,1-2H2;1-2H3/b12-5+;. The number of aromatic hydroxyl groups is 1. The molecule has 0 aromatic heterocycles. The van der Waals surface area contributed by atoms with Gasteiger partial charge in [0.25, 0.3) is 0 Å². The van der Waals surface area contributed by atoms with Gasteiger partial charge in [0.2, 0.25) is 0 Å². The van der Waals surface area contributed by atoms with Gasteiger partial charge >= 0.3 is 12.4 Å². The normalized spacial score (nSPS) is 15.6. The molecule has 0 heterocycles. The summed E-state index contributed by atoms with van der Waals surface area (Å²) in [5, 5.41) is 9.45. The molecular formula is C21H18F6O2. The lowest BCUT2D eigenvalue weighted by molar-refractivity contribution is -0.143. The van der Waals surface area contributed by atoms with Gasteiger partial charge in [0.15, 0.2) is 5.78 Å². The van der Waals surface area contributed by atoms with Crippen LogP contribution in [0.1, 0.15) is 52.9 Å². The molecule has 3 rings (SSSR count). The van der Waals surface area contributed by atoms with Gasteiger partial charge in [-0.1, -0.05) is 13.8 Å². The van der Waals surface area contributed by atoms with Gasteiger partial charge in [0.1, 0.15) is 5.75 Å². The number of allylic oxidation sites excluding steroid dienone is 1. The number of carbonyl (C=O) groups excluding carboxylic acids is 1. The van der Waals surface area contributed by atoms with Crippen LogP contribution in [-0.2, 0) is 18.8 Å². The number of halogens is 6. The third-order valence-electron chi connectivity index (χ3n) is 4.24. The number of hydrogen-bond donors (Lipinski definition) is 1. The van der Waals surface area contributed by atoms with Crippen LogP contribution in [0.25, 0.3) is 6.08 Å². The van der Waals surface area contributed by atoms with Crippen molar-refractivity contribution in [3.63, 3.8) is 0 Å². The lowest BCUT2D eigenvalue weighted by atomic mass is 9.85. The number of hydrogen-bond acceptors (Lipinski definition) is 2. The number of Topliss-reactive ketones (excluding diaryl/α,β-unsaturated/α-hetero) is 1. The predicted molar refractivity (Wildman–Crippen MR) is 96.5 cm³/mol. The summed E-state index contributed by atoms with van der Waals surface area (Å²) in [7, 11) is 0. The fraction of sp³-hybridized carbons (Fsp3) is 0.286. The third-order valence-corrected chi connectivity index (χ3v) is 4.24. The smallest absolute Gasteiger partial charge is 0.416 e. The molecule has 0 fully saturated rings. The first-order valence-electron chi connectivity index (χ1n) is 8.82. The number of phenols is 1. The second-order valence-electron chi connectivity index (χ2n) is 6.18. The van der Waals surface area contributed by atoms with E-state index >= 15 is 0 Å². The average Bonchev–Trinajstić information content (AvgIpc) is 2.64. The maximum absolute atomic E-state index is 12.9. The molecule has 8 heteroatoms. The highest BCUT2D eigenvalue weighted by Gasteiger charge is 2.36. The van der Waals surface area contributed by atoms with E-state index in [0.717, 1.165) is 6.08 Å². The summed E-state index contributed by atoms with van der Waals surface area (Å²) < 4.78 is 77.7. The van der Waals surface area contributed by atoms with Gasteiger partial charge in [0, 0.05) is 11.1 Å². The van der Waals surface area contributed by atoms with Crippen LogP contribution in [0.2, 0.25) is 0 Å². The number of rotatable bonds is 1. The highest BCUT2D eigenvalue weighted by Crippen LogP contribution is 2.37. The van der Waals surface area contributed by atoms with E-state index in [1.165, 1.54) is 18.2 Å². The third kappa shape index (κ3) is 5.19. The SMILES string of the molecule is CC.O=C1/C(=C/c2cc(C(F)(F)F)cc(C(F)(F)F)c2)CCc2cc(O)ccc21. The first-order chi connectivity index (χ1) is 13.4. The molecule has 156 valence electrons. The Morgan fingerprint density at radius 1 is 0.862 bits per heavy atom. The first kappa shape index (κ1) is 22.5. The van der Waals surface area contributed by atoms with Crippen molar-refractivity contribution in [3.05, 3.63) is 69.8 Å². The second kappa shape index (κ2) is 8.31. The van der Waals surface area contributed by atoms with Gasteiger partial charge < -0.3 is 5.11 Å². The predicted octanol–water partition coefficient (Wildman–Crippen LogP) is 6.67. The summed E-state index contributed by atoms with van der Waals surface area (Å²) in [5.41, 5.74) is -2.25. The van der Waals surface area contributed by atoms with Crippen LogP contribution < -0.4 is 0 Å². The fourth-order valence-corrected chi connectivity index (χ4v) is 2.97. The van der Waals surface area contributed by atoms with Crippen LogP contribution in [-0.4, -0.2) is 10.9 Å². The number of fused-ring (bicyclic) bond motifs is 1. The summed E-state index contributed by atoms with van der Waals surface area (Å²) in [5.74, 6) is -0.510. The molecular weight excluding hydrogens is 398 g/mol. The van der Waals surface area contributed by atoms with Crippen LogP contribution in [0.15, 0.2) is 42.0 Å². The zero-order chi connectivity index (χ0) is 22.0. The Kier molecular flexibility index (Phi) is 6.45. The van der Waals surface area contributed by atoms with E-state index in [9.17, 15) is 36.2 Å². The molecule has 1 aliphatic rings. The van der Waals surface area contributed by atoms with Gasteiger partial charge in [-0.15, -0.1) is 0 Å². The number of phenolic OH excluding ortho intramolecular Hbond substituents is 1. The number of carbonyl (C=O) groups is 1. The molecule has 0 unspecified atom stereocenters. The Labute approximate surface area is 163 Å². The van der Waals surface area contributed by atoms with E-state index in [1.54, 1.807) is 0 Å². The average molecular weight is 416 g/mol. The minimum atomic E-state index is -4.95. The minimum Gasteiger partial charge on any atom is -0.508 e. The molecule has 1 aliphatic carbocycles. The molecule has 0 aliphatic heterocycles. The Balaban J connectivity index is 0.00000145. The van der Waals surface area contributed by atoms with Gasteiger partial charge in [-0.05, 0) is 66.4 Å². The van der Waals surface area contributed by atoms with Crippen LogP contribution >= 0.6 is 0 Å². The summed E-state index contributed by atoms with van der Waals surface area (Å²) in [6.45, 7) is 4.00. The zero-order valence-corrected chi connectivity index (χ0v) is 15.6. The molecule has 2 aromatic carbocycles. The van der Waals surface area contributed by atoms with E-state index in [0.29, 0.717) is 24.1 Å². The Bertz CT molecular complexity index is 907. The van der Waals surface area contributed by atoms with Crippen molar-refractivity contribution in [2.75, 3.05) is 0 Å². The summed E-state index contributed by atoms with van der Waals surface area (Å²) in [6.07, 6.45) is -8.35. The topological polar surface area (TPSA) is 37.3 Å². The molecule has 0 amide bonds. The Hall–Kier alpha value is -2.77. The number of aryl methyl sites for hydroxylation is 1. The van der Waals surface area contributed by atoms with Crippen LogP contribution in [0.4, 0.5) is 26.3 Å². The molecule has 1 N–H and O–H groups in total. The minimum absolute atomic E-state index is 0.0262. The highest BCUT2D eigenvalue weighted by molar-refractivity contribution is 6.13. The van der Waals surface area contributed by atoms with Crippen LogP contribution in [0.5, 0.6) is 5.75 Å². The van der Waals surface area contributed by atoms with Crippen molar-refractivity contribution in [1.29, 1.82) is 0 Å². The highest BCUT2D eigenvalue weighted by atomic mass is 19.4. The van der Waals surface area contributed by atoms with Crippen molar-refractivity contribution in [2.45, 2.75) is 39.0 Å². The van der Waals surface area contributed by atoms with Crippen molar-refractivity contribution in [3.8, 4) is 5.75 Å². The summed E-state index contributed by atoms with van der Waals surface area (Å²) in [6, 6.07) is 5.31. The Morgan fingerprint density at radius 2 is 1.41 bits per heavy atom. The molecule has 0 bridgehead atoms. The molecule has 29 heavy (non-hydrogen) atoms. The van der Waals surface area contributed by atoms with Crippen LogP contribution in [0.3, 0.4) is 0 Å². The van der Waals surface area contributed by atoms with Gasteiger partial charge in [-0.3, -0.25) is 4.79 Å². The van der Waals surface area contributed by atoms with Crippen molar-refractivity contribution < 1.29 is 36.2 Å². The molecule has 0 saturated carbocycles. The zero-order valence-electron chi connectivity index (χ0n) is 15.6. The van der Waals surface area contributed by atoms with Gasteiger partial charge in [-0.2, -0.15) is 26.3 Å². The largest absolute Gasteiger partial charge is 0.508 e. The first-order valence-corrected chi connectivity index (χ1v) is 8.82. The number of benzene rings is 2. The molecule has 0 saturated heterocycles. The summed E-state index contributed by atoms with van der Waals surface area (Å²) >= 11 is 0. The quantitative estimate of drug-likeness (QED) is 0.417. The number of alkyl halides is 6. The van der Waals surface area contributed by atoms with Crippen LogP contribution in [0, 0.1) is 0 Å². The second-order valence-corrected chi connectivity index (χ2v) is 6.18. The van der Waals surface area contributed by atoms with E-state index in [4.69, 9.17) is 0 Å². The Morgan fingerprint density at radius 3 is 1.93 bits per heavy atom. The van der Waals surface area contributed by atoms with Gasteiger partial charge in [0.05, 0.1) is 11.1 Å². The van der Waals surface area contributed by atoms with Crippen molar-refractivity contribution >= 4 is 11.9 Å². The van der Waals surface area contributed by atoms with E-state index in [-0.39, 0.29) is 34.9 Å². The molecule has 2 nitrogen and oxygen atoms in total. The lowest BCUT2D eigenvalue weighted by Gasteiger charge is -2.18. The maximum atomic E-state index is 12.9. The van der Waals surface area contributed by atoms with E-state index in [1.807, 2.05) is 13.8 Å². The molecule has 0 spiro atoms. The lowest BCUT2D eigenvalue weighted by Crippen LogP contribution is -2.14. The van der Waals surface area contributed by atoms with Crippen molar-refractivity contribution in [2.24, 2.45) is 0 Å². The van der Waals surface area contributed by atoms with Gasteiger partial charge in [-0.25, -0.2) is 0 Å². The van der Waals surface area contributed by atoms with E-state index in [2.05, 4.69) is 0 Å². The monoisotopic (exact) mass is 416 g/mol. The maximum Gasteiger partial charge on any atom is 0.416 e. The molecule has 0 radical (unpaired) electrons. The molecule has 2 aromatic rings. The number of ketones is 1. The van der Waals surface area contributed by atoms with E-state index < -0.39 is 29.3 Å². The summed E-state index contributed by atoms with van der Waals surface area (Å²) in [4.78, 5) is 12.5. The fourth-order valence-electron chi connectivity index (χ4n) is 2.97. The molecule has 0 atom stereocenters. The van der Waals surface area contributed by atoms with Crippen molar-refractivity contribution in [1.82, 2.24) is 0 Å².